The third kappa shape index (κ3) is 6.12. The van der Waals surface area contributed by atoms with Crippen LogP contribution >= 0.6 is 11.6 Å². The van der Waals surface area contributed by atoms with Gasteiger partial charge in [-0.1, -0.05) is 25.4 Å². The second kappa shape index (κ2) is 11.3. The van der Waals surface area contributed by atoms with Crippen LogP contribution in [0.4, 0.5) is 10.1 Å². The van der Waals surface area contributed by atoms with Crippen molar-refractivity contribution in [3.63, 3.8) is 0 Å². The first-order valence-electron chi connectivity index (χ1n) is 13.9. The molecule has 9 heteroatoms. The molecular weight excluding hydrogens is 517 g/mol. The van der Waals surface area contributed by atoms with Crippen LogP contribution in [0.15, 0.2) is 41.2 Å². The highest BCUT2D eigenvalue weighted by atomic mass is 35.5. The molecule has 2 aliphatic rings. The Morgan fingerprint density at radius 3 is 2.56 bits per heavy atom. The fourth-order valence-electron chi connectivity index (χ4n) is 5.49. The summed E-state index contributed by atoms with van der Waals surface area (Å²) in [6.07, 6.45) is 2.69. The number of rotatable bonds is 8. The van der Waals surface area contributed by atoms with Gasteiger partial charge < -0.3 is 10.2 Å². The van der Waals surface area contributed by atoms with Crippen LogP contribution in [0.5, 0.6) is 0 Å². The number of hydrogen-bond acceptors (Lipinski definition) is 5. The van der Waals surface area contributed by atoms with Crippen LogP contribution in [0.3, 0.4) is 0 Å². The number of nitrogens with one attached hydrogen (secondary N) is 1. The van der Waals surface area contributed by atoms with Crippen LogP contribution < -0.4 is 15.8 Å². The summed E-state index contributed by atoms with van der Waals surface area (Å²) in [7, 11) is 0. The first-order valence-corrected chi connectivity index (χ1v) is 14.3. The monoisotopic (exact) mass is 553 g/mol. The van der Waals surface area contributed by atoms with Gasteiger partial charge in [-0.25, -0.2) is 9.37 Å². The zero-order valence-corrected chi connectivity index (χ0v) is 23.8. The highest BCUT2D eigenvalue weighted by molar-refractivity contribution is 6.31. The number of hydrogen-bond donors (Lipinski definition) is 1. The Kier molecular flexibility index (Phi) is 7.96. The Morgan fingerprint density at radius 1 is 1.13 bits per heavy atom. The van der Waals surface area contributed by atoms with E-state index in [4.69, 9.17) is 16.6 Å². The highest BCUT2D eigenvalue weighted by Crippen LogP contribution is 2.33. The molecule has 0 spiro atoms. The molecule has 1 unspecified atom stereocenters. The van der Waals surface area contributed by atoms with Crippen molar-refractivity contribution in [2.24, 2.45) is 11.8 Å². The number of carbonyl (C=O) groups is 1. The zero-order chi connectivity index (χ0) is 27.8. The molecule has 3 aromatic rings. The highest BCUT2D eigenvalue weighted by Gasteiger charge is 2.33. The van der Waals surface area contributed by atoms with Crippen molar-refractivity contribution in [3.8, 4) is 11.4 Å². The fourth-order valence-corrected chi connectivity index (χ4v) is 5.67. The van der Waals surface area contributed by atoms with Crippen LogP contribution in [0.1, 0.15) is 40.5 Å². The van der Waals surface area contributed by atoms with E-state index in [1.165, 1.54) is 42.2 Å². The molecule has 2 aromatic carbocycles. The summed E-state index contributed by atoms with van der Waals surface area (Å²) in [6, 6.07) is 10.3. The van der Waals surface area contributed by atoms with E-state index in [9.17, 15) is 14.0 Å². The molecular formula is C30H37ClFN5O2. The van der Waals surface area contributed by atoms with E-state index in [1.807, 2.05) is 32.0 Å². The molecule has 1 atom stereocenters. The van der Waals surface area contributed by atoms with Gasteiger partial charge in [0.1, 0.15) is 18.2 Å². The summed E-state index contributed by atoms with van der Waals surface area (Å²) in [5.74, 6) is 0.783. The Labute approximate surface area is 234 Å². The minimum atomic E-state index is -0.561. The molecule has 7 nitrogen and oxygen atoms in total. The summed E-state index contributed by atoms with van der Waals surface area (Å²) in [4.78, 5) is 36.4. The van der Waals surface area contributed by atoms with Crippen molar-refractivity contribution in [1.29, 1.82) is 0 Å². The molecule has 1 N–H and O–H groups in total. The van der Waals surface area contributed by atoms with Crippen molar-refractivity contribution in [2.45, 2.75) is 59.2 Å². The van der Waals surface area contributed by atoms with Gasteiger partial charge >= 0.3 is 0 Å². The van der Waals surface area contributed by atoms with Crippen molar-refractivity contribution in [1.82, 2.24) is 19.8 Å². The molecule has 1 aliphatic carbocycles. The van der Waals surface area contributed by atoms with E-state index < -0.39 is 5.82 Å². The molecule has 2 heterocycles. The SMILES string of the molecule is CC(C)NC(=O)Cn1c(-c2ccc(F)c(Cl)c2)nc2ccc(N3CCN(CC4CC4)C(C(C)C)C3)cc2c1=O. The second-order valence-corrected chi connectivity index (χ2v) is 12.0. The van der Waals surface area contributed by atoms with Crippen LogP contribution in [0.2, 0.25) is 5.02 Å². The third-order valence-electron chi connectivity index (χ3n) is 7.72. The van der Waals surface area contributed by atoms with Gasteiger partial charge in [-0.3, -0.25) is 19.1 Å². The average molecular weight is 554 g/mol. The molecule has 208 valence electrons. The number of anilines is 1. The summed E-state index contributed by atoms with van der Waals surface area (Å²) in [5.41, 5.74) is 1.65. The molecule has 1 saturated heterocycles. The molecule has 1 aliphatic heterocycles. The molecule has 1 saturated carbocycles. The van der Waals surface area contributed by atoms with Gasteiger partial charge in [-0.2, -0.15) is 0 Å². The maximum absolute atomic E-state index is 13.9. The number of aromatic nitrogens is 2. The van der Waals surface area contributed by atoms with E-state index >= 15 is 0 Å². The number of amides is 1. The van der Waals surface area contributed by atoms with Crippen LogP contribution in [-0.4, -0.2) is 58.6 Å². The molecule has 0 radical (unpaired) electrons. The van der Waals surface area contributed by atoms with Crippen molar-refractivity contribution in [3.05, 3.63) is 57.6 Å². The molecule has 1 amide bonds. The zero-order valence-electron chi connectivity index (χ0n) is 23.1. The standard InChI is InChI=1S/C30H37ClFN5O2/c1-18(2)27-16-35(11-12-36(27)15-20-5-6-20)22-8-10-26-23(14-22)30(39)37(17-28(38)33-19(3)4)29(34-26)21-7-9-25(32)24(31)13-21/h7-10,13-14,18-20,27H,5-6,11-12,15-17H2,1-4H3,(H,33,38). The first-order chi connectivity index (χ1) is 18.6. The van der Waals surface area contributed by atoms with Crippen LogP contribution in [-0.2, 0) is 11.3 Å². The van der Waals surface area contributed by atoms with Gasteiger partial charge in [0, 0.05) is 49.5 Å². The Morgan fingerprint density at radius 2 is 1.90 bits per heavy atom. The van der Waals surface area contributed by atoms with E-state index in [0.29, 0.717) is 28.4 Å². The first kappa shape index (κ1) is 27.6. The van der Waals surface area contributed by atoms with Gasteiger partial charge in [0.2, 0.25) is 5.91 Å². The van der Waals surface area contributed by atoms with E-state index in [1.54, 1.807) is 0 Å². The lowest BCUT2D eigenvalue weighted by Crippen LogP contribution is -2.55. The smallest absolute Gasteiger partial charge is 0.262 e. The van der Waals surface area contributed by atoms with Gasteiger partial charge in [0.15, 0.2) is 0 Å². The predicted molar refractivity (Wildman–Crippen MR) is 155 cm³/mol. The number of carbonyl (C=O) groups excluding carboxylic acids is 1. The van der Waals surface area contributed by atoms with Crippen molar-refractivity contribution in [2.75, 3.05) is 31.1 Å². The summed E-state index contributed by atoms with van der Waals surface area (Å²) < 4.78 is 15.3. The van der Waals surface area contributed by atoms with Crippen molar-refractivity contribution >= 4 is 34.1 Å². The lowest BCUT2D eigenvalue weighted by Gasteiger charge is -2.44. The average Bonchev–Trinajstić information content (AvgIpc) is 3.71. The summed E-state index contributed by atoms with van der Waals surface area (Å²) >= 11 is 6.05. The largest absolute Gasteiger partial charge is 0.369 e. The lowest BCUT2D eigenvalue weighted by molar-refractivity contribution is -0.122. The van der Waals surface area contributed by atoms with Gasteiger partial charge in [0.05, 0.1) is 15.9 Å². The second-order valence-electron chi connectivity index (χ2n) is 11.6. The Balaban J connectivity index is 1.53. The Bertz CT molecular complexity index is 1430. The lowest BCUT2D eigenvalue weighted by atomic mass is 9.98. The quantitative estimate of drug-likeness (QED) is 0.428. The minimum Gasteiger partial charge on any atom is -0.369 e. The normalized spacial score (nSPS) is 18.4. The van der Waals surface area contributed by atoms with Crippen LogP contribution in [0.25, 0.3) is 22.3 Å². The van der Waals surface area contributed by atoms with E-state index in [-0.39, 0.29) is 34.9 Å². The van der Waals surface area contributed by atoms with Crippen molar-refractivity contribution < 1.29 is 9.18 Å². The topological polar surface area (TPSA) is 70.5 Å². The van der Waals surface area contributed by atoms with Crippen LogP contribution in [0, 0.1) is 17.7 Å². The maximum Gasteiger partial charge on any atom is 0.262 e. The van der Waals surface area contributed by atoms with Gasteiger partial charge in [0.25, 0.3) is 5.56 Å². The van der Waals surface area contributed by atoms with E-state index in [0.717, 1.165) is 31.2 Å². The number of benzene rings is 2. The summed E-state index contributed by atoms with van der Waals surface area (Å²) in [5, 5.41) is 3.22. The predicted octanol–water partition coefficient (Wildman–Crippen LogP) is 4.94. The minimum absolute atomic E-state index is 0.0732. The molecule has 5 rings (SSSR count). The third-order valence-corrected chi connectivity index (χ3v) is 8.01. The Hall–Kier alpha value is -2.97. The van der Waals surface area contributed by atoms with Gasteiger partial charge in [-0.05, 0) is 74.9 Å². The van der Waals surface area contributed by atoms with E-state index in [2.05, 4.69) is 29.0 Å². The summed E-state index contributed by atoms with van der Waals surface area (Å²) in [6.45, 7) is 12.1. The molecule has 0 bridgehead atoms. The number of piperazine rings is 1. The maximum atomic E-state index is 13.9. The fraction of sp³-hybridized carbons (Fsp3) is 0.500. The molecule has 39 heavy (non-hydrogen) atoms. The number of nitrogens with zero attached hydrogens (tertiary/aromatic N) is 4. The molecule has 2 fully saturated rings. The molecule has 1 aromatic heterocycles. The number of halogens is 2. The van der Waals surface area contributed by atoms with Gasteiger partial charge in [-0.15, -0.1) is 0 Å². The number of fused-ring (bicyclic) bond motifs is 1.